The molecule has 0 saturated carbocycles. The van der Waals surface area contributed by atoms with Gasteiger partial charge in [-0.05, 0) is 28.1 Å². The van der Waals surface area contributed by atoms with Crippen LogP contribution >= 0.6 is 50.5 Å². The number of aromatic nitrogens is 1. The Morgan fingerprint density at radius 3 is 2.75 bits per heavy atom. The normalized spacial score (nSPS) is 14.4. The van der Waals surface area contributed by atoms with Gasteiger partial charge in [0.15, 0.2) is 9.75 Å². The van der Waals surface area contributed by atoms with Crippen molar-refractivity contribution in [3.63, 3.8) is 0 Å². The topological polar surface area (TPSA) is 52.5 Å². The SMILES string of the molecule is CN1NNN=C1c1sc(Br)nc1-c1ccc(Cl)c(Cl)c1. The summed E-state index contributed by atoms with van der Waals surface area (Å²) in [6.45, 7) is 0. The number of amidine groups is 1. The fourth-order valence-electron chi connectivity index (χ4n) is 1.77. The number of hydrazine groups is 2. The van der Waals surface area contributed by atoms with Crippen LogP contribution in [0.3, 0.4) is 0 Å². The summed E-state index contributed by atoms with van der Waals surface area (Å²) in [6, 6.07) is 5.44. The standard InChI is InChI=1S/C11H8BrCl2N5S/c1-19-10(16-17-18-19)9-8(15-11(12)20-9)5-2-3-6(13)7(14)4-5/h2-4,17-18H,1H3. The molecule has 2 N–H and O–H groups in total. The first kappa shape index (κ1) is 14.1. The van der Waals surface area contributed by atoms with Crippen molar-refractivity contribution in [2.45, 2.75) is 0 Å². The molecule has 104 valence electrons. The molecule has 0 bridgehead atoms. The Labute approximate surface area is 137 Å². The van der Waals surface area contributed by atoms with Crippen LogP contribution in [0, 0.1) is 0 Å². The average Bonchev–Trinajstić information content (AvgIpc) is 2.98. The van der Waals surface area contributed by atoms with Gasteiger partial charge in [-0.25, -0.2) is 10.5 Å². The Hall–Kier alpha value is -0.860. The third-order valence-electron chi connectivity index (χ3n) is 2.69. The maximum absolute atomic E-state index is 6.08. The number of thiazole rings is 1. The van der Waals surface area contributed by atoms with E-state index in [2.05, 4.69) is 37.1 Å². The van der Waals surface area contributed by atoms with E-state index in [1.54, 1.807) is 17.1 Å². The largest absolute Gasteiger partial charge is 0.273 e. The molecule has 0 unspecified atom stereocenters. The Bertz CT molecular complexity index is 702. The lowest BCUT2D eigenvalue weighted by Crippen LogP contribution is -2.37. The van der Waals surface area contributed by atoms with Crippen molar-refractivity contribution in [3.8, 4) is 11.3 Å². The molecule has 1 aromatic heterocycles. The second-order valence-electron chi connectivity index (χ2n) is 3.99. The summed E-state index contributed by atoms with van der Waals surface area (Å²) in [4.78, 5) is 5.43. The maximum atomic E-state index is 6.08. The van der Waals surface area contributed by atoms with Gasteiger partial charge in [0.1, 0.15) is 4.88 Å². The first-order chi connectivity index (χ1) is 9.56. The summed E-state index contributed by atoms with van der Waals surface area (Å²) in [5.41, 5.74) is 7.27. The zero-order chi connectivity index (χ0) is 14.3. The van der Waals surface area contributed by atoms with Crippen molar-refractivity contribution < 1.29 is 0 Å². The molecule has 0 aliphatic carbocycles. The Morgan fingerprint density at radius 2 is 2.10 bits per heavy atom. The molecule has 0 amide bonds. The summed E-state index contributed by atoms with van der Waals surface area (Å²) in [5.74, 6) is 0.759. The van der Waals surface area contributed by atoms with E-state index in [-0.39, 0.29) is 0 Å². The van der Waals surface area contributed by atoms with E-state index in [4.69, 9.17) is 23.2 Å². The second-order valence-corrected chi connectivity index (χ2v) is 7.08. The van der Waals surface area contributed by atoms with Crippen LogP contribution in [0.4, 0.5) is 0 Å². The van der Waals surface area contributed by atoms with Gasteiger partial charge < -0.3 is 0 Å². The predicted octanol–water partition coefficient (Wildman–Crippen LogP) is 3.50. The second kappa shape index (κ2) is 5.50. The molecular weight excluding hydrogens is 385 g/mol. The van der Waals surface area contributed by atoms with Crippen molar-refractivity contribution in [3.05, 3.63) is 37.0 Å². The summed E-state index contributed by atoms with van der Waals surface area (Å²) >= 11 is 16.9. The molecular formula is C11H8BrCl2N5S. The van der Waals surface area contributed by atoms with Crippen LogP contribution < -0.4 is 11.1 Å². The van der Waals surface area contributed by atoms with Gasteiger partial charge in [-0.2, -0.15) is 0 Å². The quantitative estimate of drug-likeness (QED) is 0.821. The first-order valence-electron chi connectivity index (χ1n) is 5.50. The van der Waals surface area contributed by atoms with Crippen LogP contribution in [-0.2, 0) is 0 Å². The van der Waals surface area contributed by atoms with Crippen LogP contribution in [0.1, 0.15) is 4.88 Å². The summed E-state index contributed by atoms with van der Waals surface area (Å²) < 4.78 is 0.775. The fourth-order valence-corrected chi connectivity index (χ4v) is 3.57. The van der Waals surface area contributed by atoms with E-state index < -0.39 is 0 Å². The number of benzene rings is 1. The summed E-state index contributed by atoms with van der Waals surface area (Å²) in [7, 11) is 1.87. The molecule has 5 nitrogen and oxygen atoms in total. The van der Waals surface area contributed by atoms with Gasteiger partial charge in [0.2, 0.25) is 0 Å². The molecule has 3 rings (SSSR count). The van der Waals surface area contributed by atoms with Crippen LogP contribution in [0.15, 0.2) is 27.2 Å². The van der Waals surface area contributed by atoms with Crippen molar-refractivity contribution >= 4 is 56.3 Å². The van der Waals surface area contributed by atoms with E-state index in [1.807, 2.05) is 13.1 Å². The Kier molecular flexibility index (Phi) is 3.87. The van der Waals surface area contributed by atoms with Crippen molar-refractivity contribution in [1.82, 2.24) is 21.1 Å². The number of hydrogen-bond donors (Lipinski definition) is 2. The lowest BCUT2D eigenvalue weighted by atomic mass is 10.1. The molecule has 9 heteroatoms. The van der Waals surface area contributed by atoms with Crippen molar-refractivity contribution in [1.29, 1.82) is 0 Å². The van der Waals surface area contributed by atoms with E-state index in [9.17, 15) is 0 Å². The molecule has 0 fully saturated rings. The van der Waals surface area contributed by atoms with Gasteiger partial charge >= 0.3 is 0 Å². The number of hydrogen-bond acceptors (Lipinski definition) is 6. The maximum Gasteiger partial charge on any atom is 0.185 e. The van der Waals surface area contributed by atoms with Gasteiger partial charge in [0.25, 0.3) is 0 Å². The van der Waals surface area contributed by atoms with E-state index in [0.717, 1.165) is 25.9 Å². The first-order valence-corrected chi connectivity index (χ1v) is 7.87. The van der Waals surface area contributed by atoms with Gasteiger partial charge in [0.05, 0.1) is 15.7 Å². The lowest BCUT2D eigenvalue weighted by molar-refractivity contribution is 0.349. The van der Waals surface area contributed by atoms with E-state index in [0.29, 0.717) is 10.0 Å². The van der Waals surface area contributed by atoms with Crippen LogP contribution in [-0.4, -0.2) is 22.9 Å². The van der Waals surface area contributed by atoms with E-state index in [1.165, 1.54) is 11.3 Å². The molecule has 0 radical (unpaired) electrons. The third kappa shape index (κ3) is 2.51. The Balaban J connectivity index is 2.12. The predicted molar refractivity (Wildman–Crippen MR) is 85.8 cm³/mol. The van der Waals surface area contributed by atoms with Crippen molar-refractivity contribution in [2.24, 2.45) is 5.10 Å². The van der Waals surface area contributed by atoms with Crippen LogP contribution in [0.5, 0.6) is 0 Å². The molecule has 20 heavy (non-hydrogen) atoms. The molecule has 2 aromatic rings. The smallest absolute Gasteiger partial charge is 0.185 e. The number of rotatable bonds is 2. The lowest BCUT2D eigenvalue weighted by Gasteiger charge is -2.11. The zero-order valence-corrected chi connectivity index (χ0v) is 14.0. The number of hydrazone groups is 1. The minimum Gasteiger partial charge on any atom is -0.273 e. The summed E-state index contributed by atoms with van der Waals surface area (Å²) in [6.07, 6.45) is 0. The molecule has 1 aromatic carbocycles. The van der Waals surface area contributed by atoms with Gasteiger partial charge in [-0.15, -0.1) is 22.0 Å². The zero-order valence-electron chi connectivity index (χ0n) is 10.1. The van der Waals surface area contributed by atoms with Gasteiger partial charge in [0, 0.05) is 12.6 Å². The van der Waals surface area contributed by atoms with Gasteiger partial charge in [-0.1, -0.05) is 29.3 Å². The highest BCUT2D eigenvalue weighted by Crippen LogP contribution is 2.35. The molecule has 0 spiro atoms. The van der Waals surface area contributed by atoms with Crippen molar-refractivity contribution in [2.75, 3.05) is 7.05 Å². The highest BCUT2D eigenvalue weighted by atomic mass is 79.9. The third-order valence-corrected chi connectivity index (χ3v) is 4.94. The molecule has 2 heterocycles. The Morgan fingerprint density at radius 1 is 1.30 bits per heavy atom. The summed E-state index contributed by atoms with van der Waals surface area (Å²) in [5, 5.41) is 6.99. The number of halogens is 3. The minimum atomic E-state index is 0.497. The van der Waals surface area contributed by atoms with E-state index >= 15 is 0 Å². The highest BCUT2D eigenvalue weighted by Gasteiger charge is 2.23. The molecule has 1 aliphatic rings. The highest BCUT2D eigenvalue weighted by molar-refractivity contribution is 9.11. The molecule has 0 saturated heterocycles. The monoisotopic (exact) mass is 391 g/mol. The fraction of sp³-hybridized carbons (Fsp3) is 0.0909. The number of nitrogens with zero attached hydrogens (tertiary/aromatic N) is 3. The molecule has 1 aliphatic heterocycles. The van der Waals surface area contributed by atoms with Crippen LogP contribution in [0.2, 0.25) is 10.0 Å². The van der Waals surface area contributed by atoms with Gasteiger partial charge in [-0.3, -0.25) is 5.01 Å². The van der Waals surface area contributed by atoms with Crippen LogP contribution in [0.25, 0.3) is 11.3 Å². The average molecular weight is 393 g/mol. The minimum absolute atomic E-state index is 0.497. The molecule has 0 atom stereocenters. The number of nitrogens with one attached hydrogen (secondary N) is 2.